The molecule has 0 bridgehead atoms. The van der Waals surface area contributed by atoms with Gasteiger partial charge in [0, 0.05) is 43.6 Å². The van der Waals surface area contributed by atoms with Gasteiger partial charge in [0.15, 0.2) is 0 Å². The number of halogens is 1. The number of pyridine rings is 1. The first kappa shape index (κ1) is 20.3. The van der Waals surface area contributed by atoms with Gasteiger partial charge in [0.2, 0.25) is 5.95 Å². The summed E-state index contributed by atoms with van der Waals surface area (Å²) in [6.07, 6.45) is 6.33. The molecule has 0 spiro atoms. The molecule has 6 nitrogen and oxygen atoms in total. The predicted molar refractivity (Wildman–Crippen MR) is 119 cm³/mol. The third-order valence-corrected chi connectivity index (χ3v) is 5.54. The Bertz CT molecular complexity index is 1040. The summed E-state index contributed by atoms with van der Waals surface area (Å²) in [5, 5.41) is 0.653. The number of likely N-dealkylation sites (tertiary alicyclic amines) is 1. The monoisotopic (exact) mass is 421 g/mol. The van der Waals surface area contributed by atoms with Gasteiger partial charge in [0.25, 0.3) is 5.91 Å². The van der Waals surface area contributed by atoms with Gasteiger partial charge in [-0.15, -0.1) is 0 Å². The number of carbonyl (C=O) groups excluding carboxylic acids is 1. The van der Waals surface area contributed by atoms with Crippen molar-refractivity contribution in [3.8, 4) is 11.1 Å². The summed E-state index contributed by atoms with van der Waals surface area (Å²) in [7, 11) is 3.83. The molecular formula is C23H24ClN5O. The van der Waals surface area contributed by atoms with E-state index in [-0.39, 0.29) is 11.9 Å². The Hall–Kier alpha value is -2.99. The van der Waals surface area contributed by atoms with Gasteiger partial charge in [-0.3, -0.25) is 9.78 Å². The van der Waals surface area contributed by atoms with Crippen LogP contribution in [0.5, 0.6) is 0 Å². The second-order valence-electron chi connectivity index (χ2n) is 7.60. The van der Waals surface area contributed by atoms with Crippen LogP contribution in [0.15, 0.2) is 54.9 Å². The first-order valence-electron chi connectivity index (χ1n) is 10.1. The topological polar surface area (TPSA) is 62.2 Å². The van der Waals surface area contributed by atoms with Crippen LogP contribution in [0.4, 0.5) is 5.95 Å². The highest BCUT2D eigenvalue weighted by Crippen LogP contribution is 2.37. The van der Waals surface area contributed by atoms with Crippen LogP contribution < -0.4 is 4.90 Å². The lowest BCUT2D eigenvalue weighted by molar-refractivity contribution is 0.0600. The van der Waals surface area contributed by atoms with Crippen LogP contribution in [0.1, 0.15) is 41.5 Å². The molecule has 4 rings (SSSR count). The maximum atomic E-state index is 13.3. The molecular weight excluding hydrogens is 398 g/mol. The van der Waals surface area contributed by atoms with E-state index < -0.39 is 0 Å². The number of hydrogen-bond donors (Lipinski definition) is 0. The largest absolute Gasteiger partial charge is 0.347 e. The van der Waals surface area contributed by atoms with E-state index in [0.29, 0.717) is 23.2 Å². The first-order chi connectivity index (χ1) is 14.5. The van der Waals surface area contributed by atoms with Crippen molar-refractivity contribution in [1.82, 2.24) is 19.9 Å². The zero-order chi connectivity index (χ0) is 21.1. The van der Waals surface area contributed by atoms with Crippen molar-refractivity contribution < 1.29 is 4.79 Å². The van der Waals surface area contributed by atoms with Crippen molar-refractivity contribution in [3.05, 3.63) is 71.3 Å². The van der Waals surface area contributed by atoms with Gasteiger partial charge in [-0.2, -0.15) is 0 Å². The van der Waals surface area contributed by atoms with Crippen molar-refractivity contribution in [2.75, 3.05) is 25.5 Å². The van der Waals surface area contributed by atoms with Crippen LogP contribution in [-0.2, 0) is 0 Å². The van der Waals surface area contributed by atoms with Crippen LogP contribution in [0, 0.1) is 0 Å². The second kappa shape index (κ2) is 8.79. The van der Waals surface area contributed by atoms with Crippen molar-refractivity contribution >= 4 is 23.5 Å². The molecule has 1 fully saturated rings. The van der Waals surface area contributed by atoms with E-state index >= 15 is 0 Å². The highest BCUT2D eigenvalue weighted by molar-refractivity contribution is 6.30. The summed E-state index contributed by atoms with van der Waals surface area (Å²) in [4.78, 5) is 30.8. The molecule has 7 heteroatoms. The summed E-state index contributed by atoms with van der Waals surface area (Å²) in [6.45, 7) is 0.677. The van der Waals surface area contributed by atoms with Gasteiger partial charge in [0.05, 0.1) is 11.7 Å². The molecule has 1 atom stereocenters. The molecule has 1 aromatic carbocycles. The Morgan fingerprint density at radius 1 is 1.13 bits per heavy atom. The maximum absolute atomic E-state index is 13.3. The molecule has 0 radical (unpaired) electrons. The molecule has 3 aromatic rings. The van der Waals surface area contributed by atoms with Crippen LogP contribution in [0.3, 0.4) is 0 Å². The second-order valence-corrected chi connectivity index (χ2v) is 8.04. The van der Waals surface area contributed by atoms with E-state index in [2.05, 4.69) is 9.97 Å². The number of aromatic nitrogens is 3. The van der Waals surface area contributed by atoms with E-state index in [4.69, 9.17) is 16.6 Å². The zero-order valence-electron chi connectivity index (χ0n) is 17.1. The Kier molecular flexibility index (Phi) is 5.95. The van der Waals surface area contributed by atoms with Crippen LogP contribution >= 0.6 is 11.6 Å². The Morgan fingerprint density at radius 3 is 2.73 bits per heavy atom. The highest BCUT2D eigenvalue weighted by atomic mass is 35.5. The van der Waals surface area contributed by atoms with E-state index in [1.165, 1.54) is 0 Å². The van der Waals surface area contributed by atoms with Crippen molar-refractivity contribution in [3.63, 3.8) is 0 Å². The highest BCUT2D eigenvalue weighted by Gasteiger charge is 2.32. The summed E-state index contributed by atoms with van der Waals surface area (Å²) < 4.78 is 0. The molecule has 1 unspecified atom stereocenters. The molecule has 154 valence electrons. The van der Waals surface area contributed by atoms with E-state index in [9.17, 15) is 4.79 Å². The third-order valence-electron chi connectivity index (χ3n) is 5.30. The van der Waals surface area contributed by atoms with Crippen LogP contribution in [0.2, 0.25) is 5.02 Å². The predicted octanol–water partition coefficient (Wildman–Crippen LogP) is 4.63. The Balaban J connectivity index is 1.81. The molecule has 2 aromatic heterocycles. The average molecular weight is 422 g/mol. The number of benzene rings is 1. The molecule has 0 aliphatic carbocycles. The zero-order valence-corrected chi connectivity index (χ0v) is 17.9. The Labute approximate surface area is 181 Å². The number of amides is 1. The van der Waals surface area contributed by atoms with Crippen molar-refractivity contribution in [2.45, 2.75) is 25.3 Å². The molecule has 0 saturated carbocycles. The quantitative estimate of drug-likeness (QED) is 0.614. The number of nitrogens with zero attached hydrogens (tertiary/aromatic N) is 5. The van der Waals surface area contributed by atoms with Gasteiger partial charge >= 0.3 is 0 Å². The molecule has 1 amide bonds. The Morgan fingerprint density at radius 2 is 2.00 bits per heavy atom. The molecule has 1 saturated heterocycles. The average Bonchev–Trinajstić information content (AvgIpc) is 2.78. The lowest BCUT2D eigenvalue weighted by Gasteiger charge is -2.36. The maximum Gasteiger partial charge on any atom is 0.273 e. The van der Waals surface area contributed by atoms with Gasteiger partial charge in [-0.05, 0) is 49.1 Å². The minimum atomic E-state index is -0.149. The van der Waals surface area contributed by atoms with Gasteiger partial charge in [-0.25, -0.2) is 9.97 Å². The number of piperidine rings is 1. The fraction of sp³-hybridized carbons (Fsp3) is 0.304. The number of hydrogen-bond acceptors (Lipinski definition) is 5. The summed E-state index contributed by atoms with van der Waals surface area (Å²) >= 11 is 6.25. The van der Waals surface area contributed by atoms with Gasteiger partial charge in [-0.1, -0.05) is 29.8 Å². The van der Waals surface area contributed by atoms with Crippen LogP contribution in [-0.4, -0.2) is 46.4 Å². The molecule has 1 aliphatic rings. The number of rotatable bonds is 4. The number of anilines is 1. The van der Waals surface area contributed by atoms with Gasteiger partial charge in [0.1, 0.15) is 5.69 Å². The van der Waals surface area contributed by atoms with Crippen molar-refractivity contribution in [2.24, 2.45) is 0 Å². The molecule has 30 heavy (non-hydrogen) atoms. The molecule has 3 heterocycles. The lowest BCUT2D eigenvalue weighted by atomic mass is 9.93. The third kappa shape index (κ3) is 4.14. The number of carbonyl (C=O) groups is 1. The minimum Gasteiger partial charge on any atom is -0.347 e. The fourth-order valence-electron chi connectivity index (χ4n) is 3.83. The van der Waals surface area contributed by atoms with Gasteiger partial charge < -0.3 is 9.80 Å². The summed E-state index contributed by atoms with van der Waals surface area (Å²) in [5.41, 5.74) is 3.14. The standard InChI is InChI=1S/C23H24ClN5O/c1-28(2)23-26-15-18(16-8-7-9-17(24)14-16)21(27-23)20-11-4-6-13-29(20)22(30)19-10-3-5-12-25-19/h3,5,7-10,12,14-15,20H,4,6,11,13H2,1-2H3. The summed E-state index contributed by atoms with van der Waals surface area (Å²) in [6, 6.07) is 12.9. The molecule has 0 N–H and O–H groups in total. The lowest BCUT2D eigenvalue weighted by Crippen LogP contribution is -2.39. The van der Waals surface area contributed by atoms with E-state index in [1.54, 1.807) is 12.3 Å². The fourth-order valence-corrected chi connectivity index (χ4v) is 4.02. The first-order valence-corrected chi connectivity index (χ1v) is 10.4. The van der Waals surface area contributed by atoms with E-state index in [1.807, 2.05) is 66.5 Å². The molecule has 1 aliphatic heterocycles. The minimum absolute atomic E-state index is 0.0673. The smallest absolute Gasteiger partial charge is 0.273 e. The SMILES string of the molecule is CN(C)c1ncc(-c2cccc(Cl)c2)c(C2CCCCN2C(=O)c2ccccn2)n1. The summed E-state index contributed by atoms with van der Waals surface area (Å²) in [5.74, 6) is 0.550. The van der Waals surface area contributed by atoms with Crippen LogP contribution in [0.25, 0.3) is 11.1 Å². The normalized spacial score (nSPS) is 16.4. The van der Waals surface area contributed by atoms with Crippen molar-refractivity contribution in [1.29, 1.82) is 0 Å². The van der Waals surface area contributed by atoms with E-state index in [0.717, 1.165) is 36.1 Å².